The van der Waals surface area contributed by atoms with Gasteiger partial charge in [-0.3, -0.25) is 4.79 Å². The molecule has 1 amide bonds. The zero-order valence-corrected chi connectivity index (χ0v) is 13.0. The number of carbonyl (C=O) groups excluding carboxylic acids is 1. The van der Waals surface area contributed by atoms with E-state index < -0.39 is 18.3 Å². The lowest BCUT2D eigenvalue weighted by Gasteiger charge is -2.59. The molecule has 0 spiro atoms. The molecule has 6 nitrogen and oxygen atoms in total. The molecule has 0 aromatic rings. The Labute approximate surface area is 130 Å². The smallest absolute Gasteiger partial charge is 0.247 e. The lowest BCUT2D eigenvalue weighted by atomic mass is 9.55. The molecular formula is C16H25NO5. The summed E-state index contributed by atoms with van der Waals surface area (Å²) in [6.45, 7) is 4.97. The summed E-state index contributed by atoms with van der Waals surface area (Å²) in [7, 11) is 0. The van der Waals surface area contributed by atoms with Gasteiger partial charge >= 0.3 is 0 Å². The Morgan fingerprint density at radius 2 is 2.09 bits per heavy atom. The zero-order chi connectivity index (χ0) is 16.1. The van der Waals surface area contributed by atoms with Gasteiger partial charge < -0.3 is 25.4 Å². The highest BCUT2D eigenvalue weighted by atomic mass is 16.5. The number of carbonyl (C=O) groups is 1. The van der Waals surface area contributed by atoms with Gasteiger partial charge in [0.25, 0.3) is 0 Å². The normalized spacial score (nSPS) is 43.6. The summed E-state index contributed by atoms with van der Waals surface area (Å²) in [5.74, 6) is 0.0597. The van der Waals surface area contributed by atoms with Crippen LogP contribution < -0.4 is 5.32 Å². The first-order valence-corrected chi connectivity index (χ1v) is 7.99. The standard InChI is InChI=1S/C16H25NO5/c1-16(2)13(9-4-3-5-22-14(9)16)17-15(21)8-6-10(18)12(20)11(19)7-8/h6,9-14,18-20H,3-5,7H2,1-2H3,(H,17,21)/t9?,10-,11-,12-,13?,14?/m1/s1. The Morgan fingerprint density at radius 3 is 2.77 bits per heavy atom. The second-order valence-electron chi connectivity index (χ2n) is 7.31. The molecule has 3 unspecified atom stereocenters. The quantitative estimate of drug-likeness (QED) is 0.562. The van der Waals surface area contributed by atoms with Crippen LogP contribution >= 0.6 is 0 Å². The van der Waals surface area contributed by atoms with Gasteiger partial charge in [0.2, 0.25) is 5.91 Å². The Hall–Kier alpha value is -0.950. The maximum absolute atomic E-state index is 12.4. The summed E-state index contributed by atoms with van der Waals surface area (Å²) < 4.78 is 5.82. The number of aliphatic hydroxyl groups is 3. The number of rotatable bonds is 2. The van der Waals surface area contributed by atoms with E-state index in [1.807, 2.05) is 0 Å². The van der Waals surface area contributed by atoms with Crippen molar-refractivity contribution in [1.82, 2.24) is 5.32 Å². The lowest BCUT2D eigenvalue weighted by Crippen LogP contribution is -2.70. The number of ether oxygens (including phenoxy) is 1. The molecule has 6 heteroatoms. The number of hydrogen-bond acceptors (Lipinski definition) is 5. The van der Waals surface area contributed by atoms with Crippen LogP contribution in [0.4, 0.5) is 0 Å². The van der Waals surface area contributed by atoms with Gasteiger partial charge in [-0.15, -0.1) is 0 Å². The molecule has 124 valence electrons. The van der Waals surface area contributed by atoms with Crippen molar-refractivity contribution in [2.75, 3.05) is 6.61 Å². The monoisotopic (exact) mass is 311 g/mol. The highest BCUT2D eigenvalue weighted by Gasteiger charge is 2.58. The number of nitrogens with one attached hydrogen (secondary N) is 1. The first-order valence-electron chi connectivity index (χ1n) is 7.99. The fourth-order valence-electron chi connectivity index (χ4n) is 4.16. The molecule has 0 bridgehead atoms. The summed E-state index contributed by atoms with van der Waals surface area (Å²) in [5.41, 5.74) is 0.216. The summed E-state index contributed by atoms with van der Waals surface area (Å²) in [5, 5.41) is 32.0. The van der Waals surface area contributed by atoms with Crippen molar-refractivity contribution in [3.05, 3.63) is 11.6 Å². The molecule has 0 aromatic heterocycles. The molecule has 1 aliphatic heterocycles. The van der Waals surface area contributed by atoms with Crippen LogP contribution in [0.1, 0.15) is 33.1 Å². The van der Waals surface area contributed by atoms with E-state index in [0.29, 0.717) is 11.5 Å². The average molecular weight is 311 g/mol. The molecule has 22 heavy (non-hydrogen) atoms. The summed E-state index contributed by atoms with van der Waals surface area (Å²) in [6.07, 6.45) is 0.0933. The fourth-order valence-corrected chi connectivity index (χ4v) is 4.16. The third-order valence-electron chi connectivity index (χ3n) is 5.45. The molecule has 2 fully saturated rings. The summed E-state index contributed by atoms with van der Waals surface area (Å²) >= 11 is 0. The Morgan fingerprint density at radius 1 is 1.36 bits per heavy atom. The van der Waals surface area contributed by atoms with Crippen molar-refractivity contribution in [3.63, 3.8) is 0 Å². The molecular weight excluding hydrogens is 286 g/mol. The van der Waals surface area contributed by atoms with Crippen molar-refractivity contribution < 1.29 is 24.9 Å². The maximum atomic E-state index is 12.4. The molecule has 1 saturated heterocycles. The van der Waals surface area contributed by atoms with E-state index in [4.69, 9.17) is 4.74 Å². The molecule has 1 saturated carbocycles. The van der Waals surface area contributed by atoms with Crippen LogP contribution in [0.2, 0.25) is 0 Å². The third-order valence-corrected chi connectivity index (χ3v) is 5.45. The van der Waals surface area contributed by atoms with Crippen LogP contribution in [0.3, 0.4) is 0 Å². The molecule has 6 atom stereocenters. The van der Waals surface area contributed by atoms with Gasteiger partial charge in [-0.2, -0.15) is 0 Å². The molecule has 3 rings (SSSR count). The van der Waals surface area contributed by atoms with Gasteiger partial charge in [-0.05, 0) is 18.9 Å². The molecule has 4 N–H and O–H groups in total. The number of fused-ring (bicyclic) bond motifs is 1. The number of hydrogen-bond donors (Lipinski definition) is 4. The Bertz CT molecular complexity index is 489. The van der Waals surface area contributed by atoms with Crippen LogP contribution in [0.25, 0.3) is 0 Å². The van der Waals surface area contributed by atoms with Crippen LogP contribution in [0.5, 0.6) is 0 Å². The van der Waals surface area contributed by atoms with E-state index in [1.165, 1.54) is 6.08 Å². The van der Waals surface area contributed by atoms with Crippen LogP contribution in [-0.4, -0.2) is 58.3 Å². The van der Waals surface area contributed by atoms with Crippen molar-refractivity contribution in [3.8, 4) is 0 Å². The minimum absolute atomic E-state index is 0.0346. The predicted octanol–water partition coefficient (Wildman–Crippen LogP) is -0.281. The third kappa shape index (κ3) is 2.48. The Balaban J connectivity index is 1.68. The van der Waals surface area contributed by atoms with E-state index in [2.05, 4.69) is 19.2 Å². The molecule has 0 aromatic carbocycles. The van der Waals surface area contributed by atoms with Crippen LogP contribution in [0, 0.1) is 11.3 Å². The van der Waals surface area contributed by atoms with Crippen molar-refractivity contribution in [2.45, 2.75) is 63.6 Å². The van der Waals surface area contributed by atoms with Gasteiger partial charge in [0.05, 0.1) is 12.2 Å². The molecule has 1 heterocycles. The average Bonchev–Trinajstić information content (AvgIpc) is 2.49. The van der Waals surface area contributed by atoms with Gasteiger partial charge in [-0.25, -0.2) is 0 Å². The fraction of sp³-hybridized carbons (Fsp3) is 0.812. The second kappa shape index (κ2) is 5.60. The van der Waals surface area contributed by atoms with E-state index in [1.54, 1.807) is 0 Å². The highest BCUT2D eigenvalue weighted by Crippen LogP contribution is 2.51. The van der Waals surface area contributed by atoms with Crippen molar-refractivity contribution >= 4 is 5.91 Å². The van der Waals surface area contributed by atoms with Gasteiger partial charge in [0.1, 0.15) is 12.2 Å². The second-order valence-corrected chi connectivity index (χ2v) is 7.31. The number of aliphatic hydroxyl groups excluding tert-OH is 3. The van der Waals surface area contributed by atoms with E-state index >= 15 is 0 Å². The zero-order valence-electron chi connectivity index (χ0n) is 13.0. The SMILES string of the molecule is CC1(C)C(NC(=O)C2=C[C@@H](O)[C@@H](O)[C@H](O)C2)C2CCCOC21. The van der Waals surface area contributed by atoms with Gasteiger partial charge in [0, 0.05) is 36.0 Å². The predicted molar refractivity (Wildman–Crippen MR) is 78.9 cm³/mol. The minimum Gasteiger partial charge on any atom is -0.390 e. The molecule has 2 aliphatic carbocycles. The number of amides is 1. The lowest BCUT2D eigenvalue weighted by molar-refractivity contribution is -0.193. The van der Waals surface area contributed by atoms with Crippen LogP contribution in [-0.2, 0) is 9.53 Å². The highest BCUT2D eigenvalue weighted by molar-refractivity contribution is 5.94. The first kappa shape index (κ1) is 15.9. The molecule has 3 aliphatic rings. The summed E-state index contributed by atoms with van der Waals surface area (Å²) in [6, 6.07) is 0.0346. The van der Waals surface area contributed by atoms with Gasteiger partial charge in [0.15, 0.2) is 0 Å². The van der Waals surface area contributed by atoms with E-state index in [-0.39, 0.29) is 29.9 Å². The maximum Gasteiger partial charge on any atom is 0.247 e. The summed E-state index contributed by atoms with van der Waals surface area (Å²) in [4.78, 5) is 12.4. The van der Waals surface area contributed by atoms with Gasteiger partial charge in [-0.1, -0.05) is 13.8 Å². The van der Waals surface area contributed by atoms with E-state index in [9.17, 15) is 20.1 Å². The minimum atomic E-state index is -1.23. The topological polar surface area (TPSA) is 99.0 Å². The first-order chi connectivity index (χ1) is 10.3. The van der Waals surface area contributed by atoms with Crippen molar-refractivity contribution in [1.29, 1.82) is 0 Å². The van der Waals surface area contributed by atoms with E-state index in [0.717, 1.165) is 19.4 Å². The molecule has 0 radical (unpaired) electrons. The Kier molecular flexibility index (Phi) is 4.05. The van der Waals surface area contributed by atoms with Crippen molar-refractivity contribution in [2.24, 2.45) is 11.3 Å². The van der Waals surface area contributed by atoms with Crippen LogP contribution in [0.15, 0.2) is 11.6 Å². The largest absolute Gasteiger partial charge is 0.390 e.